The van der Waals surface area contributed by atoms with Gasteiger partial charge in [-0.1, -0.05) is 53.9 Å². The van der Waals surface area contributed by atoms with Gasteiger partial charge in [-0.15, -0.1) is 0 Å². The molecular formula is C43H63BrFN3O7Si. The molecule has 1 fully saturated rings. The number of Topliss-reactive ketones (excluding diaryl/α,β-unsaturated/α-hetero) is 2. The normalized spacial score (nSPS) is 25.2. The number of ketones is 2. The molecule has 0 spiro atoms. The van der Waals surface area contributed by atoms with Gasteiger partial charge in [0.25, 0.3) is 5.88 Å². The fourth-order valence-corrected chi connectivity index (χ4v) is 11.1. The van der Waals surface area contributed by atoms with Crippen LogP contribution in [0.25, 0.3) is 0 Å². The van der Waals surface area contributed by atoms with Crippen LogP contribution in [0.15, 0.2) is 20.3 Å². The van der Waals surface area contributed by atoms with E-state index >= 15 is 14.0 Å². The number of nitrogens with zero attached hydrogens (tertiary/aromatic N) is 3. The number of piperidine rings is 1. The number of fused-ring (bicyclic) bond motifs is 4. The van der Waals surface area contributed by atoms with Gasteiger partial charge in [0.2, 0.25) is 5.78 Å². The molecule has 2 aromatic rings. The summed E-state index contributed by atoms with van der Waals surface area (Å²) in [6.07, 6.45) is 6.82. The number of benzene rings is 1. The molecule has 13 heteroatoms. The second kappa shape index (κ2) is 15.9. The summed E-state index contributed by atoms with van der Waals surface area (Å²) in [6, 6.07) is -0.580. The predicted molar refractivity (Wildman–Crippen MR) is 221 cm³/mol. The van der Waals surface area contributed by atoms with Crippen molar-refractivity contribution < 1.29 is 37.5 Å². The van der Waals surface area contributed by atoms with Crippen molar-refractivity contribution in [1.29, 1.82) is 0 Å². The molecule has 1 aromatic carbocycles. The Bertz CT molecular complexity index is 1880. The van der Waals surface area contributed by atoms with Crippen LogP contribution in [0.4, 0.5) is 4.39 Å². The topological polar surface area (TPSA) is 115 Å². The van der Waals surface area contributed by atoms with Crippen molar-refractivity contribution in [1.82, 2.24) is 15.0 Å². The fourth-order valence-electron chi connectivity index (χ4n) is 9.05. The molecule has 1 N–H and O–H groups in total. The van der Waals surface area contributed by atoms with Crippen LogP contribution in [0.3, 0.4) is 0 Å². The highest BCUT2D eigenvalue weighted by atomic mass is 79.9. The molecule has 6 rings (SSSR count). The van der Waals surface area contributed by atoms with Crippen molar-refractivity contribution in [2.45, 2.75) is 148 Å². The Kier molecular flexibility index (Phi) is 12.2. The van der Waals surface area contributed by atoms with E-state index in [-0.39, 0.29) is 46.0 Å². The molecule has 0 unspecified atom stereocenters. The number of carbonyl (C=O) groups excluding carboxylic acids is 2. The largest absolute Gasteiger partial charge is 0.508 e. The first-order valence-electron chi connectivity index (χ1n) is 20.7. The lowest BCUT2D eigenvalue weighted by molar-refractivity contribution is -0.0481. The second-order valence-corrected chi connectivity index (χ2v) is 24.3. The minimum atomic E-state index is -2.88. The molecule has 56 heavy (non-hydrogen) atoms. The number of aliphatic hydroxyl groups is 1. The second-order valence-electron chi connectivity index (χ2n) is 18.8. The van der Waals surface area contributed by atoms with Crippen LogP contribution in [-0.4, -0.2) is 84.9 Å². The summed E-state index contributed by atoms with van der Waals surface area (Å²) in [7, 11) is 0.904. The molecule has 4 atom stereocenters. The number of rotatable bonds is 13. The van der Waals surface area contributed by atoms with E-state index in [1.54, 1.807) is 0 Å². The van der Waals surface area contributed by atoms with Crippen molar-refractivity contribution in [3.8, 4) is 11.6 Å². The Morgan fingerprint density at radius 1 is 1.07 bits per heavy atom. The quantitative estimate of drug-likeness (QED) is 0.154. The van der Waals surface area contributed by atoms with E-state index in [1.807, 2.05) is 39.0 Å². The number of unbranched alkanes of at least 4 members (excludes halogenated alkanes) is 2. The Labute approximate surface area is 342 Å². The van der Waals surface area contributed by atoms with Gasteiger partial charge in [0.15, 0.2) is 25.5 Å². The maximum absolute atomic E-state index is 17.3. The van der Waals surface area contributed by atoms with Crippen LogP contribution in [0.5, 0.6) is 11.6 Å². The highest BCUT2D eigenvalue weighted by Crippen LogP contribution is 2.60. The smallest absolute Gasteiger partial charge is 0.265 e. The van der Waals surface area contributed by atoms with Gasteiger partial charge in [0.1, 0.15) is 22.9 Å². The lowest BCUT2D eigenvalue weighted by atomic mass is 9.58. The number of halogens is 2. The Balaban J connectivity index is 1.58. The third kappa shape index (κ3) is 7.13. The average Bonchev–Trinajstić information content (AvgIpc) is 3.52. The molecule has 10 nitrogen and oxygen atoms in total. The van der Waals surface area contributed by atoms with Gasteiger partial charge in [-0.05, 0) is 118 Å². The zero-order valence-electron chi connectivity index (χ0n) is 35.4. The molecule has 2 heterocycles. The number of likely N-dealkylation sites (tertiary alicyclic amines) is 1. The lowest BCUT2D eigenvalue weighted by Gasteiger charge is -2.55. The number of hydrogen-bond acceptors (Lipinski definition) is 10. The number of ether oxygens (including phenoxy) is 2. The molecule has 310 valence electrons. The Morgan fingerprint density at radius 3 is 2.34 bits per heavy atom. The van der Waals surface area contributed by atoms with E-state index in [9.17, 15) is 5.11 Å². The summed E-state index contributed by atoms with van der Waals surface area (Å²) in [5, 5.41) is 16.8. The maximum Gasteiger partial charge on any atom is 0.265 e. The first-order valence-corrected chi connectivity index (χ1v) is 24.4. The Morgan fingerprint density at radius 2 is 1.73 bits per heavy atom. The number of carbonyl (C=O) groups is 2. The van der Waals surface area contributed by atoms with Gasteiger partial charge in [-0.3, -0.25) is 19.4 Å². The van der Waals surface area contributed by atoms with E-state index in [0.717, 1.165) is 51.5 Å². The molecule has 1 aromatic heterocycles. The molecular weight excluding hydrogens is 797 g/mol. The van der Waals surface area contributed by atoms with Crippen LogP contribution in [-0.2, 0) is 17.4 Å². The molecule has 0 amide bonds. The molecule has 4 aliphatic rings. The van der Waals surface area contributed by atoms with E-state index < -0.39 is 54.9 Å². The highest BCUT2D eigenvalue weighted by Gasteiger charge is 2.67. The summed E-state index contributed by atoms with van der Waals surface area (Å²) in [5.74, 6) is -2.49. The first kappa shape index (κ1) is 43.0. The predicted octanol–water partition coefficient (Wildman–Crippen LogP) is 10.1. The monoisotopic (exact) mass is 859 g/mol. The van der Waals surface area contributed by atoms with E-state index in [2.05, 4.69) is 67.5 Å². The van der Waals surface area contributed by atoms with Crippen molar-refractivity contribution in [2.24, 2.45) is 11.8 Å². The van der Waals surface area contributed by atoms with E-state index in [4.69, 9.17) is 18.4 Å². The summed E-state index contributed by atoms with van der Waals surface area (Å²) in [6.45, 7) is 20.7. The summed E-state index contributed by atoms with van der Waals surface area (Å²) in [4.78, 5) is 34.9. The van der Waals surface area contributed by atoms with Gasteiger partial charge in [0.05, 0.1) is 29.3 Å². The van der Waals surface area contributed by atoms with Crippen LogP contribution in [0.2, 0.25) is 18.1 Å². The van der Waals surface area contributed by atoms with Crippen LogP contribution < -0.4 is 9.47 Å². The van der Waals surface area contributed by atoms with Gasteiger partial charge < -0.3 is 23.5 Å². The number of aliphatic hydroxyl groups excluding tert-OH is 1. The van der Waals surface area contributed by atoms with Crippen molar-refractivity contribution >= 4 is 35.8 Å². The molecule has 0 saturated carbocycles. The molecule has 0 radical (unpaired) electrons. The average molecular weight is 861 g/mol. The van der Waals surface area contributed by atoms with Gasteiger partial charge >= 0.3 is 0 Å². The summed E-state index contributed by atoms with van der Waals surface area (Å²) >= 11 is 3.73. The van der Waals surface area contributed by atoms with Crippen LogP contribution in [0.1, 0.15) is 143 Å². The molecule has 1 aliphatic heterocycles. The van der Waals surface area contributed by atoms with Gasteiger partial charge in [-0.25, -0.2) is 4.39 Å². The van der Waals surface area contributed by atoms with Crippen molar-refractivity contribution in [3.63, 3.8) is 0 Å². The minimum Gasteiger partial charge on any atom is -0.508 e. The molecule has 0 bridgehead atoms. The third-order valence-electron chi connectivity index (χ3n) is 13.4. The highest BCUT2D eigenvalue weighted by molar-refractivity contribution is 9.10. The first-order chi connectivity index (χ1) is 26.2. The van der Waals surface area contributed by atoms with Crippen LogP contribution in [0, 0.1) is 17.7 Å². The fraction of sp³-hybridized carbons (Fsp3) is 0.698. The minimum absolute atomic E-state index is 0.0595. The van der Waals surface area contributed by atoms with E-state index in [1.165, 1.54) is 0 Å². The maximum atomic E-state index is 17.3. The Hall–Kier alpha value is -2.58. The molecule has 3 aliphatic carbocycles. The third-order valence-corrected chi connectivity index (χ3v) is 18.6. The number of allylic oxidation sites excluding steroid dienone is 1. The standard InChI is InChI=1S/C43H63BrFN3O7Si/c1-12-14-20-52-36-30-26(33(45)27(32(36)44)24-48-19-17-16-18-42(48,6)7)22-25-23-28-34(47(8)9)37-31(40(46-54-37)53-21-15-13-2)39(51)43(28,38(50)29(25)35(30)49)55-56(10,11)41(3,4)5/h25,28,34,50H,12-24H2,1-11H3/t25-,28-,34-,43-/m0/s1. The summed E-state index contributed by atoms with van der Waals surface area (Å²) in [5.41, 5.74) is -0.974. The summed E-state index contributed by atoms with van der Waals surface area (Å²) < 4.78 is 43.5. The lowest BCUT2D eigenvalue weighted by Crippen LogP contribution is -2.65. The SMILES string of the molecule is CCCCOc1noc2c1C(=O)[C@@]1(O[Si](C)(C)C(C)(C)C)C(O)=C3C(=O)c4c(c(F)c(CN5CCCCC5(C)C)c(Br)c4OCCCC)C[C@H]3C[C@H]1[C@@H]2N(C)C. The zero-order valence-corrected chi connectivity index (χ0v) is 38.0. The van der Waals surface area contributed by atoms with Gasteiger partial charge in [-0.2, -0.15) is 0 Å². The molecule has 1 saturated heterocycles. The van der Waals surface area contributed by atoms with E-state index in [0.29, 0.717) is 46.9 Å². The van der Waals surface area contributed by atoms with Crippen molar-refractivity contribution in [2.75, 3.05) is 33.9 Å². The van der Waals surface area contributed by atoms with Gasteiger partial charge in [0, 0.05) is 34.7 Å². The number of aromatic nitrogens is 1. The van der Waals surface area contributed by atoms with Crippen LogP contribution >= 0.6 is 15.9 Å². The van der Waals surface area contributed by atoms with Crippen molar-refractivity contribution in [3.05, 3.63) is 49.6 Å². The zero-order chi connectivity index (χ0) is 41.1. The number of hydrogen-bond donors (Lipinski definition) is 1.